The molecule has 1 heterocycles. The number of nitrogens with zero attached hydrogens (tertiary/aromatic N) is 2. The molecule has 1 saturated heterocycles. The van der Waals surface area contributed by atoms with Gasteiger partial charge in [-0.2, -0.15) is 0 Å². The molecule has 1 fully saturated rings. The summed E-state index contributed by atoms with van der Waals surface area (Å²) in [6.45, 7) is 6.56. The van der Waals surface area contributed by atoms with Gasteiger partial charge >= 0.3 is 0 Å². The fraction of sp³-hybridized carbons (Fsp3) is 0.571. The molecule has 0 saturated carbocycles. The largest absolute Gasteiger partial charge is 0.397 e. The topological polar surface area (TPSA) is 84.4 Å². The standard InChI is InChI=1S/C14H22N4O2/c1-10(2)17-7-5-11(6-8-17)16-14-4-3-12(18(19)20)9-13(14)15/h3-4,9-11,16H,5-8,15H2,1-2H3. The molecule has 0 aliphatic carbocycles. The van der Waals surface area contributed by atoms with Crippen LogP contribution in [-0.4, -0.2) is 35.0 Å². The lowest BCUT2D eigenvalue weighted by Crippen LogP contribution is -2.42. The first kappa shape index (κ1) is 14.6. The van der Waals surface area contributed by atoms with Crippen molar-refractivity contribution in [2.24, 2.45) is 0 Å². The lowest BCUT2D eigenvalue weighted by Gasteiger charge is -2.35. The summed E-state index contributed by atoms with van der Waals surface area (Å²) < 4.78 is 0. The zero-order valence-electron chi connectivity index (χ0n) is 12.0. The van der Waals surface area contributed by atoms with Gasteiger partial charge in [-0.1, -0.05) is 0 Å². The molecule has 1 aliphatic rings. The second-order valence-electron chi connectivity index (χ2n) is 5.58. The average molecular weight is 278 g/mol. The molecule has 0 bridgehead atoms. The Kier molecular flexibility index (Phi) is 4.44. The minimum absolute atomic E-state index is 0.0303. The maximum absolute atomic E-state index is 10.7. The van der Waals surface area contributed by atoms with Gasteiger partial charge in [-0.25, -0.2) is 0 Å². The van der Waals surface area contributed by atoms with Gasteiger partial charge in [-0.3, -0.25) is 10.1 Å². The van der Waals surface area contributed by atoms with Crippen molar-refractivity contribution >= 4 is 17.1 Å². The number of nitro groups is 1. The molecule has 6 heteroatoms. The Balaban J connectivity index is 1.96. The van der Waals surface area contributed by atoms with E-state index >= 15 is 0 Å². The van der Waals surface area contributed by atoms with E-state index in [9.17, 15) is 10.1 Å². The summed E-state index contributed by atoms with van der Waals surface area (Å²) in [7, 11) is 0. The molecule has 110 valence electrons. The highest BCUT2D eigenvalue weighted by Gasteiger charge is 2.21. The van der Waals surface area contributed by atoms with Crippen molar-refractivity contribution in [3.63, 3.8) is 0 Å². The van der Waals surface area contributed by atoms with Crippen LogP contribution < -0.4 is 11.1 Å². The molecule has 1 aromatic carbocycles. The van der Waals surface area contributed by atoms with E-state index in [4.69, 9.17) is 5.73 Å². The third-order valence-electron chi connectivity index (χ3n) is 3.87. The minimum Gasteiger partial charge on any atom is -0.397 e. The summed E-state index contributed by atoms with van der Waals surface area (Å²) in [5, 5.41) is 14.1. The van der Waals surface area contributed by atoms with E-state index in [0.29, 0.717) is 17.8 Å². The van der Waals surface area contributed by atoms with Crippen molar-refractivity contribution in [2.75, 3.05) is 24.1 Å². The zero-order chi connectivity index (χ0) is 14.7. The first-order valence-corrected chi connectivity index (χ1v) is 7.02. The number of non-ortho nitro benzene ring substituents is 1. The van der Waals surface area contributed by atoms with Crippen molar-refractivity contribution < 1.29 is 4.92 Å². The van der Waals surface area contributed by atoms with Crippen LogP contribution in [0, 0.1) is 10.1 Å². The lowest BCUT2D eigenvalue weighted by atomic mass is 10.0. The molecule has 1 aliphatic heterocycles. The SMILES string of the molecule is CC(C)N1CCC(Nc2ccc([N+](=O)[O-])cc2N)CC1. The number of nitro benzene ring substituents is 1. The Bertz CT molecular complexity index is 482. The van der Waals surface area contributed by atoms with Crippen LogP contribution in [0.4, 0.5) is 17.1 Å². The van der Waals surface area contributed by atoms with E-state index in [0.717, 1.165) is 31.6 Å². The summed E-state index contributed by atoms with van der Waals surface area (Å²) in [5.74, 6) is 0. The average Bonchev–Trinajstić information content (AvgIpc) is 2.41. The van der Waals surface area contributed by atoms with Gasteiger partial charge in [-0.05, 0) is 32.8 Å². The Morgan fingerprint density at radius 3 is 2.55 bits per heavy atom. The molecule has 3 N–H and O–H groups in total. The Morgan fingerprint density at radius 2 is 2.05 bits per heavy atom. The number of hydrogen-bond donors (Lipinski definition) is 2. The highest BCUT2D eigenvalue weighted by atomic mass is 16.6. The fourth-order valence-corrected chi connectivity index (χ4v) is 2.58. The number of likely N-dealkylation sites (tertiary alicyclic amines) is 1. The van der Waals surface area contributed by atoms with Crippen LogP contribution in [0.3, 0.4) is 0 Å². The molecular formula is C14H22N4O2. The van der Waals surface area contributed by atoms with Crippen molar-refractivity contribution in [3.8, 4) is 0 Å². The quantitative estimate of drug-likeness (QED) is 0.502. The Hall–Kier alpha value is -1.82. The first-order chi connectivity index (χ1) is 9.47. The summed E-state index contributed by atoms with van der Waals surface area (Å²) in [6.07, 6.45) is 2.13. The number of piperidine rings is 1. The van der Waals surface area contributed by atoms with E-state index < -0.39 is 4.92 Å². The minimum atomic E-state index is -0.429. The van der Waals surface area contributed by atoms with Crippen molar-refractivity contribution in [3.05, 3.63) is 28.3 Å². The molecule has 0 unspecified atom stereocenters. The summed E-state index contributed by atoms with van der Waals surface area (Å²) >= 11 is 0. The molecule has 20 heavy (non-hydrogen) atoms. The monoisotopic (exact) mass is 278 g/mol. The summed E-state index contributed by atoms with van der Waals surface area (Å²) in [6, 6.07) is 5.56. The van der Waals surface area contributed by atoms with Crippen molar-refractivity contribution in [1.29, 1.82) is 0 Å². The van der Waals surface area contributed by atoms with Crippen LogP contribution in [0.1, 0.15) is 26.7 Å². The van der Waals surface area contributed by atoms with Gasteiger partial charge in [-0.15, -0.1) is 0 Å². The molecule has 0 atom stereocenters. The summed E-state index contributed by atoms with van der Waals surface area (Å²) in [4.78, 5) is 12.7. The van der Waals surface area contributed by atoms with E-state index in [1.54, 1.807) is 6.07 Å². The normalized spacial score (nSPS) is 17.4. The predicted octanol–water partition coefficient (Wildman–Crippen LogP) is 2.46. The van der Waals surface area contributed by atoms with E-state index in [2.05, 4.69) is 24.1 Å². The van der Waals surface area contributed by atoms with E-state index in [1.165, 1.54) is 12.1 Å². The van der Waals surface area contributed by atoms with Crippen LogP contribution >= 0.6 is 0 Å². The number of anilines is 2. The fourth-order valence-electron chi connectivity index (χ4n) is 2.58. The second-order valence-corrected chi connectivity index (χ2v) is 5.58. The number of nitrogen functional groups attached to an aromatic ring is 1. The van der Waals surface area contributed by atoms with Crippen LogP contribution in [0.5, 0.6) is 0 Å². The number of nitrogens with one attached hydrogen (secondary N) is 1. The van der Waals surface area contributed by atoms with Gasteiger partial charge in [0.1, 0.15) is 0 Å². The third kappa shape index (κ3) is 3.39. The van der Waals surface area contributed by atoms with Gasteiger partial charge in [0.25, 0.3) is 5.69 Å². The van der Waals surface area contributed by atoms with Gasteiger partial charge < -0.3 is 16.0 Å². The van der Waals surface area contributed by atoms with Crippen LogP contribution in [-0.2, 0) is 0 Å². The zero-order valence-corrected chi connectivity index (χ0v) is 12.0. The van der Waals surface area contributed by atoms with Crippen molar-refractivity contribution in [2.45, 2.75) is 38.8 Å². The van der Waals surface area contributed by atoms with Gasteiger partial charge in [0.05, 0.1) is 16.3 Å². The molecule has 0 amide bonds. The molecule has 0 radical (unpaired) electrons. The van der Waals surface area contributed by atoms with Crippen molar-refractivity contribution in [1.82, 2.24) is 4.90 Å². The Labute approximate surface area is 119 Å². The van der Waals surface area contributed by atoms with E-state index in [1.807, 2.05) is 0 Å². The smallest absolute Gasteiger partial charge is 0.271 e. The molecular weight excluding hydrogens is 256 g/mol. The molecule has 1 aromatic rings. The van der Waals surface area contributed by atoms with Gasteiger partial charge in [0.15, 0.2) is 0 Å². The molecule has 2 rings (SSSR count). The maximum atomic E-state index is 10.7. The number of rotatable bonds is 4. The highest BCUT2D eigenvalue weighted by Crippen LogP contribution is 2.26. The highest BCUT2D eigenvalue weighted by molar-refractivity contribution is 5.69. The van der Waals surface area contributed by atoms with Crippen LogP contribution in [0.2, 0.25) is 0 Å². The van der Waals surface area contributed by atoms with E-state index in [-0.39, 0.29) is 5.69 Å². The Morgan fingerprint density at radius 1 is 1.40 bits per heavy atom. The number of benzene rings is 1. The second kappa shape index (κ2) is 6.09. The number of nitrogens with two attached hydrogens (primary N) is 1. The first-order valence-electron chi connectivity index (χ1n) is 7.02. The summed E-state index contributed by atoms with van der Waals surface area (Å²) in [5.41, 5.74) is 7.13. The number of hydrogen-bond acceptors (Lipinski definition) is 5. The van der Waals surface area contributed by atoms with Crippen LogP contribution in [0.25, 0.3) is 0 Å². The maximum Gasteiger partial charge on any atom is 0.271 e. The van der Waals surface area contributed by atoms with Crippen LogP contribution in [0.15, 0.2) is 18.2 Å². The molecule has 6 nitrogen and oxygen atoms in total. The van der Waals surface area contributed by atoms with Gasteiger partial charge in [0.2, 0.25) is 0 Å². The third-order valence-corrected chi connectivity index (χ3v) is 3.87. The predicted molar refractivity (Wildman–Crippen MR) is 80.9 cm³/mol. The molecule has 0 aromatic heterocycles. The van der Waals surface area contributed by atoms with Gasteiger partial charge in [0, 0.05) is 37.3 Å². The molecule has 0 spiro atoms. The lowest BCUT2D eigenvalue weighted by molar-refractivity contribution is -0.384.